The predicted molar refractivity (Wildman–Crippen MR) is 93.4 cm³/mol. The molecule has 4 saturated carbocycles. The summed E-state index contributed by atoms with van der Waals surface area (Å²) in [6, 6.07) is 4.32. The molecule has 4 aliphatic rings. The van der Waals surface area contributed by atoms with Crippen LogP contribution < -0.4 is 5.32 Å². The van der Waals surface area contributed by atoms with Crippen LogP contribution in [0.3, 0.4) is 0 Å². The van der Waals surface area contributed by atoms with E-state index in [0.717, 1.165) is 18.3 Å². The van der Waals surface area contributed by atoms with E-state index in [1.54, 1.807) is 6.07 Å². The van der Waals surface area contributed by atoms with Gasteiger partial charge in [0.05, 0.1) is 5.02 Å². The third-order valence-corrected chi connectivity index (χ3v) is 7.07. The summed E-state index contributed by atoms with van der Waals surface area (Å²) >= 11 is 9.76. The molecule has 23 heavy (non-hydrogen) atoms. The number of nitrogens with one attached hydrogen (secondary N) is 1. The summed E-state index contributed by atoms with van der Waals surface area (Å²) in [5.41, 5.74) is 0.710. The van der Waals surface area contributed by atoms with Gasteiger partial charge in [0.1, 0.15) is 5.82 Å². The number of halogens is 3. The fraction of sp³-hybridized carbons (Fsp3) is 0.611. The number of carbonyl (C=O) groups is 1. The lowest BCUT2D eigenvalue weighted by atomic mass is 9.48. The Morgan fingerprint density at radius 2 is 2.00 bits per heavy atom. The van der Waals surface area contributed by atoms with Crippen LogP contribution in [0.1, 0.15) is 44.9 Å². The first-order valence-corrected chi connectivity index (χ1v) is 9.46. The first-order valence-electron chi connectivity index (χ1n) is 8.29. The third kappa shape index (κ3) is 3.05. The molecule has 4 atom stereocenters. The molecule has 1 aromatic rings. The molecular formula is C18H20BrClFNO. The van der Waals surface area contributed by atoms with Gasteiger partial charge in [0, 0.05) is 16.4 Å². The highest BCUT2D eigenvalue weighted by Crippen LogP contribution is 2.65. The summed E-state index contributed by atoms with van der Waals surface area (Å²) in [5.74, 6) is 1.09. The van der Waals surface area contributed by atoms with Gasteiger partial charge in [-0.15, -0.1) is 0 Å². The zero-order chi connectivity index (χ0) is 16.2. The summed E-state index contributed by atoms with van der Waals surface area (Å²) in [6.45, 7) is 0. The third-order valence-electron chi connectivity index (χ3n) is 5.85. The van der Waals surface area contributed by atoms with Crippen LogP contribution in [0.4, 0.5) is 10.1 Å². The Balaban J connectivity index is 1.47. The first kappa shape index (κ1) is 15.9. The van der Waals surface area contributed by atoms with E-state index >= 15 is 0 Å². The fourth-order valence-corrected chi connectivity index (χ4v) is 7.35. The maximum Gasteiger partial charge on any atom is 0.224 e. The highest BCUT2D eigenvalue weighted by Gasteiger charge is 2.57. The van der Waals surface area contributed by atoms with Gasteiger partial charge in [0.25, 0.3) is 0 Å². The molecule has 124 valence electrons. The van der Waals surface area contributed by atoms with Gasteiger partial charge < -0.3 is 5.32 Å². The number of rotatable bonds is 3. The van der Waals surface area contributed by atoms with Gasteiger partial charge in [0.2, 0.25) is 5.91 Å². The lowest BCUT2D eigenvalue weighted by Gasteiger charge is -2.60. The van der Waals surface area contributed by atoms with Crippen LogP contribution >= 0.6 is 27.5 Å². The van der Waals surface area contributed by atoms with E-state index in [2.05, 4.69) is 21.2 Å². The number of hydrogen-bond acceptors (Lipinski definition) is 1. The molecule has 0 radical (unpaired) electrons. The molecule has 0 aromatic heterocycles. The summed E-state index contributed by atoms with van der Waals surface area (Å²) in [6.07, 6.45) is 7.88. The number of carbonyl (C=O) groups excluding carboxylic acids is 1. The van der Waals surface area contributed by atoms with E-state index in [1.165, 1.54) is 44.2 Å². The molecule has 0 aliphatic heterocycles. The van der Waals surface area contributed by atoms with Crippen molar-refractivity contribution in [2.45, 2.75) is 49.3 Å². The maximum absolute atomic E-state index is 13.2. The molecule has 0 heterocycles. The Labute approximate surface area is 149 Å². The minimum Gasteiger partial charge on any atom is -0.326 e. The summed E-state index contributed by atoms with van der Waals surface area (Å²) < 4.78 is 13.5. The minimum atomic E-state index is -0.466. The van der Waals surface area contributed by atoms with E-state index in [1.807, 2.05) is 0 Å². The van der Waals surface area contributed by atoms with Gasteiger partial charge in [-0.3, -0.25) is 4.79 Å². The van der Waals surface area contributed by atoms with Crippen molar-refractivity contribution in [2.24, 2.45) is 17.3 Å². The van der Waals surface area contributed by atoms with E-state index in [4.69, 9.17) is 11.6 Å². The second kappa shape index (κ2) is 5.45. The van der Waals surface area contributed by atoms with Crippen LogP contribution in [0, 0.1) is 23.1 Å². The number of amides is 1. The Morgan fingerprint density at radius 3 is 2.61 bits per heavy atom. The van der Waals surface area contributed by atoms with Crippen molar-refractivity contribution in [3.63, 3.8) is 0 Å². The van der Waals surface area contributed by atoms with Gasteiger partial charge in [0.15, 0.2) is 0 Å². The quantitative estimate of drug-likeness (QED) is 0.663. The van der Waals surface area contributed by atoms with E-state index in [9.17, 15) is 9.18 Å². The van der Waals surface area contributed by atoms with Crippen molar-refractivity contribution in [1.82, 2.24) is 0 Å². The monoisotopic (exact) mass is 399 g/mol. The summed E-state index contributed by atoms with van der Waals surface area (Å²) in [7, 11) is 0. The highest BCUT2D eigenvalue weighted by atomic mass is 79.9. The van der Waals surface area contributed by atoms with Gasteiger partial charge in [-0.2, -0.15) is 0 Å². The van der Waals surface area contributed by atoms with Crippen molar-refractivity contribution < 1.29 is 9.18 Å². The topological polar surface area (TPSA) is 29.1 Å². The van der Waals surface area contributed by atoms with Gasteiger partial charge >= 0.3 is 0 Å². The number of hydrogen-bond donors (Lipinski definition) is 1. The molecule has 5 heteroatoms. The van der Waals surface area contributed by atoms with Gasteiger partial charge in [-0.25, -0.2) is 4.39 Å². The zero-order valence-corrected chi connectivity index (χ0v) is 15.2. The SMILES string of the molecule is O=C(CC12C[C@@H]3C[C@@H](CC(Br)(C3)C1)C2)Nc1ccc(F)c(Cl)c1. The molecule has 2 unspecified atom stereocenters. The van der Waals surface area contributed by atoms with Gasteiger partial charge in [-0.05, 0) is 74.0 Å². The predicted octanol–water partition coefficient (Wildman–Crippen LogP) is 5.54. The van der Waals surface area contributed by atoms with Crippen molar-refractivity contribution in [3.05, 3.63) is 29.0 Å². The van der Waals surface area contributed by atoms with Crippen LogP contribution in [-0.2, 0) is 4.79 Å². The molecular weight excluding hydrogens is 381 g/mol. The first-order chi connectivity index (χ1) is 10.8. The second-order valence-corrected chi connectivity index (χ2v) is 10.1. The summed E-state index contributed by atoms with van der Waals surface area (Å²) in [5, 5.41) is 2.93. The molecule has 2 nitrogen and oxygen atoms in total. The smallest absolute Gasteiger partial charge is 0.224 e. The van der Waals surface area contributed by atoms with Gasteiger partial charge in [-0.1, -0.05) is 27.5 Å². The second-order valence-electron chi connectivity index (χ2n) is 7.97. The largest absolute Gasteiger partial charge is 0.326 e. The highest BCUT2D eigenvalue weighted by molar-refractivity contribution is 9.10. The minimum absolute atomic E-state index is 0.0192. The number of benzene rings is 1. The number of anilines is 1. The molecule has 0 spiro atoms. The van der Waals surface area contributed by atoms with Crippen molar-refractivity contribution >= 4 is 39.1 Å². The summed E-state index contributed by atoms with van der Waals surface area (Å²) in [4.78, 5) is 12.5. The average Bonchev–Trinajstić information content (AvgIpc) is 2.39. The van der Waals surface area contributed by atoms with Crippen molar-refractivity contribution in [2.75, 3.05) is 5.32 Å². The Morgan fingerprint density at radius 1 is 1.30 bits per heavy atom. The number of alkyl halides is 1. The molecule has 5 rings (SSSR count). The fourth-order valence-electron chi connectivity index (χ4n) is 5.66. The average molecular weight is 401 g/mol. The van der Waals surface area contributed by atoms with Crippen LogP contribution in [0.15, 0.2) is 18.2 Å². The maximum atomic E-state index is 13.2. The Hall–Kier alpha value is -0.610. The molecule has 1 amide bonds. The van der Waals surface area contributed by atoms with Crippen molar-refractivity contribution in [1.29, 1.82) is 0 Å². The normalized spacial score (nSPS) is 37.9. The van der Waals surface area contributed by atoms with Crippen molar-refractivity contribution in [3.8, 4) is 0 Å². The van der Waals surface area contributed by atoms with E-state index in [0.29, 0.717) is 12.1 Å². The molecule has 4 bridgehead atoms. The zero-order valence-electron chi connectivity index (χ0n) is 12.9. The Kier molecular flexibility index (Phi) is 3.77. The van der Waals surface area contributed by atoms with Crippen LogP contribution in [0.2, 0.25) is 5.02 Å². The molecule has 0 saturated heterocycles. The molecule has 1 N–H and O–H groups in total. The van der Waals surface area contributed by atoms with E-state index in [-0.39, 0.29) is 20.7 Å². The van der Waals surface area contributed by atoms with E-state index < -0.39 is 5.82 Å². The lowest BCUT2D eigenvalue weighted by molar-refractivity contribution is -0.123. The Bertz CT molecular complexity index is 650. The standard InChI is InChI=1S/C18H20BrClFNO/c19-18-7-11-3-12(8-18)6-17(5-11,10-18)9-16(23)22-13-1-2-15(21)14(20)4-13/h1-2,4,11-12H,3,5-10H2,(H,22,23)/t11-,12+,17?,18?. The lowest BCUT2D eigenvalue weighted by Crippen LogP contribution is -2.53. The molecule has 4 fully saturated rings. The molecule has 1 aromatic carbocycles. The van der Waals surface area contributed by atoms with Crippen LogP contribution in [-0.4, -0.2) is 10.2 Å². The molecule has 4 aliphatic carbocycles. The van der Waals surface area contributed by atoms with Crippen LogP contribution in [0.5, 0.6) is 0 Å². The van der Waals surface area contributed by atoms with Crippen LogP contribution in [0.25, 0.3) is 0 Å².